The normalized spacial score (nSPS) is 13.6. The Morgan fingerprint density at radius 1 is 0.611 bits per heavy atom. The van der Waals surface area contributed by atoms with Gasteiger partial charge in [-0.2, -0.15) is 0 Å². The van der Waals surface area contributed by atoms with Crippen LogP contribution in [0, 0.1) is 0 Å². The molecule has 3 rings (SSSR count). The van der Waals surface area contributed by atoms with Crippen LogP contribution in [-0.4, -0.2) is 11.8 Å². The van der Waals surface area contributed by atoms with E-state index in [-0.39, 0.29) is 11.8 Å². The van der Waals surface area contributed by atoms with Gasteiger partial charge in [0.05, 0.1) is 22.5 Å². The lowest BCUT2D eigenvalue weighted by atomic mass is 10.1. The molecule has 0 bridgehead atoms. The van der Waals surface area contributed by atoms with Crippen LogP contribution in [-0.2, 0) is 0 Å². The molecule has 1 aliphatic heterocycles. The Balaban J connectivity index is 2.15. The summed E-state index contributed by atoms with van der Waals surface area (Å²) < 4.78 is 0. The molecule has 2 aromatic rings. The van der Waals surface area contributed by atoms with Gasteiger partial charge in [-0.3, -0.25) is 9.59 Å². The molecule has 0 atom stereocenters. The summed E-state index contributed by atoms with van der Waals surface area (Å²) in [7, 11) is 0. The van der Waals surface area contributed by atoms with Gasteiger partial charge in [0.15, 0.2) is 0 Å². The average molecular weight is 238 g/mol. The highest BCUT2D eigenvalue weighted by molar-refractivity contribution is 6.18. The molecular weight excluding hydrogens is 228 g/mol. The molecule has 0 spiro atoms. The van der Waals surface area contributed by atoms with E-state index in [9.17, 15) is 9.59 Å². The number of anilines is 2. The van der Waals surface area contributed by atoms with E-state index in [1.165, 1.54) is 0 Å². The zero-order valence-electron chi connectivity index (χ0n) is 9.44. The van der Waals surface area contributed by atoms with E-state index in [2.05, 4.69) is 10.6 Å². The highest BCUT2D eigenvalue weighted by Gasteiger charge is 2.20. The Morgan fingerprint density at radius 2 is 1.00 bits per heavy atom. The van der Waals surface area contributed by atoms with Crippen LogP contribution in [0.2, 0.25) is 0 Å². The van der Waals surface area contributed by atoms with Crippen molar-refractivity contribution in [1.82, 2.24) is 0 Å². The minimum atomic E-state index is -0.224. The van der Waals surface area contributed by atoms with Crippen molar-refractivity contribution in [2.24, 2.45) is 0 Å². The lowest BCUT2D eigenvalue weighted by Gasteiger charge is -2.17. The van der Waals surface area contributed by atoms with Crippen LogP contribution in [0.4, 0.5) is 11.4 Å². The van der Waals surface area contributed by atoms with Gasteiger partial charge in [-0.15, -0.1) is 0 Å². The number of nitrogens with one attached hydrogen (secondary N) is 2. The van der Waals surface area contributed by atoms with Crippen molar-refractivity contribution in [2.45, 2.75) is 0 Å². The van der Waals surface area contributed by atoms with Crippen molar-refractivity contribution >= 4 is 23.2 Å². The number of amides is 2. The van der Waals surface area contributed by atoms with Crippen LogP contribution in [0.25, 0.3) is 0 Å². The maximum absolute atomic E-state index is 12.1. The van der Waals surface area contributed by atoms with Crippen molar-refractivity contribution in [3.63, 3.8) is 0 Å². The molecule has 1 aliphatic rings. The quantitative estimate of drug-likeness (QED) is 0.740. The molecule has 4 nitrogen and oxygen atoms in total. The van der Waals surface area contributed by atoms with E-state index in [4.69, 9.17) is 0 Å². The average Bonchev–Trinajstić information content (AvgIpc) is 2.38. The molecule has 0 aromatic heterocycles. The second-order valence-electron chi connectivity index (χ2n) is 4.00. The van der Waals surface area contributed by atoms with E-state index < -0.39 is 0 Å². The predicted octanol–water partition coefficient (Wildman–Crippen LogP) is 2.50. The first-order valence-corrected chi connectivity index (χ1v) is 5.56. The van der Waals surface area contributed by atoms with Gasteiger partial charge in [-0.05, 0) is 24.3 Å². The van der Waals surface area contributed by atoms with E-state index in [0.29, 0.717) is 22.5 Å². The summed E-state index contributed by atoms with van der Waals surface area (Å²) in [5.41, 5.74) is 1.96. The molecule has 4 heteroatoms. The van der Waals surface area contributed by atoms with Gasteiger partial charge in [0, 0.05) is 0 Å². The summed E-state index contributed by atoms with van der Waals surface area (Å²) in [6, 6.07) is 13.9. The van der Waals surface area contributed by atoms with E-state index in [1.807, 2.05) is 0 Å². The van der Waals surface area contributed by atoms with Gasteiger partial charge in [-0.25, -0.2) is 0 Å². The number of hydrogen-bond donors (Lipinski definition) is 2. The van der Waals surface area contributed by atoms with Gasteiger partial charge in [0.25, 0.3) is 11.8 Å². The summed E-state index contributed by atoms with van der Waals surface area (Å²) in [4.78, 5) is 24.1. The zero-order valence-corrected chi connectivity index (χ0v) is 9.44. The SMILES string of the molecule is O=C1Nc2ccccc2C(=O)Nc2ccccc21. The van der Waals surface area contributed by atoms with Crippen molar-refractivity contribution in [3.8, 4) is 0 Å². The smallest absolute Gasteiger partial charge is 0.257 e. The fourth-order valence-corrected chi connectivity index (χ4v) is 1.96. The number of carbonyl (C=O) groups is 2. The van der Waals surface area contributed by atoms with Crippen molar-refractivity contribution in [1.29, 1.82) is 0 Å². The standard InChI is InChI=1S/C14H10N2O2/c17-13-9-5-1-3-7-11(9)15-14(18)10-6-2-4-8-12(10)16-13/h1-8H,(H,15,18)(H,16,17). The van der Waals surface area contributed by atoms with Crippen LogP contribution in [0.1, 0.15) is 20.7 Å². The minimum Gasteiger partial charge on any atom is -0.321 e. The van der Waals surface area contributed by atoms with E-state index in [0.717, 1.165) is 0 Å². The molecule has 0 radical (unpaired) electrons. The van der Waals surface area contributed by atoms with Crippen molar-refractivity contribution in [2.75, 3.05) is 10.6 Å². The largest absolute Gasteiger partial charge is 0.321 e. The Labute approximate surface area is 104 Å². The molecule has 2 amide bonds. The second kappa shape index (κ2) is 4.00. The zero-order chi connectivity index (χ0) is 12.5. The monoisotopic (exact) mass is 238 g/mol. The molecule has 0 fully saturated rings. The van der Waals surface area contributed by atoms with E-state index >= 15 is 0 Å². The third kappa shape index (κ3) is 1.64. The Hall–Kier alpha value is -2.62. The van der Waals surface area contributed by atoms with Crippen molar-refractivity contribution < 1.29 is 9.59 Å². The molecule has 1 heterocycles. The summed E-state index contributed by atoms with van der Waals surface area (Å²) in [5, 5.41) is 5.50. The molecule has 2 aromatic carbocycles. The number of benzene rings is 2. The van der Waals surface area contributed by atoms with Crippen LogP contribution >= 0.6 is 0 Å². The lowest BCUT2D eigenvalue weighted by Crippen LogP contribution is -2.23. The Morgan fingerprint density at radius 3 is 1.44 bits per heavy atom. The molecule has 88 valence electrons. The number of fused-ring (bicyclic) bond motifs is 2. The number of carbonyl (C=O) groups excluding carboxylic acids is 2. The van der Waals surface area contributed by atoms with Crippen molar-refractivity contribution in [3.05, 3.63) is 59.7 Å². The molecule has 0 unspecified atom stereocenters. The third-order valence-corrected chi connectivity index (χ3v) is 2.84. The molecule has 0 saturated carbocycles. The summed E-state index contributed by atoms with van der Waals surface area (Å²) >= 11 is 0. The van der Waals surface area contributed by atoms with Gasteiger partial charge in [-0.1, -0.05) is 24.3 Å². The molecule has 0 aliphatic carbocycles. The molecule has 2 N–H and O–H groups in total. The highest BCUT2D eigenvalue weighted by Crippen LogP contribution is 2.24. The summed E-state index contributed by atoms with van der Waals surface area (Å²) in [6.45, 7) is 0. The third-order valence-electron chi connectivity index (χ3n) is 2.84. The predicted molar refractivity (Wildman–Crippen MR) is 68.8 cm³/mol. The summed E-state index contributed by atoms with van der Waals surface area (Å²) in [6.07, 6.45) is 0. The fourth-order valence-electron chi connectivity index (χ4n) is 1.96. The number of para-hydroxylation sites is 2. The minimum absolute atomic E-state index is 0.224. The lowest BCUT2D eigenvalue weighted by molar-refractivity contribution is 0.102. The van der Waals surface area contributed by atoms with Crippen LogP contribution in [0.5, 0.6) is 0 Å². The summed E-state index contributed by atoms with van der Waals surface area (Å²) in [5.74, 6) is -0.448. The number of hydrogen-bond acceptors (Lipinski definition) is 2. The van der Waals surface area contributed by atoms with Crippen LogP contribution in [0.15, 0.2) is 48.5 Å². The first-order chi connectivity index (χ1) is 8.75. The fraction of sp³-hybridized carbons (Fsp3) is 0. The van der Waals surface area contributed by atoms with Gasteiger partial charge < -0.3 is 10.6 Å². The van der Waals surface area contributed by atoms with Crippen LogP contribution < -0.4 is 10.6 Å². The first-order valence-electron chi connectivity index (χ1n) is 5.56. The van der Waals surface area contributed by atoms with Gasteiger partial charge in [0.1, 0.15) is 0 Å². The molecule has 18 heavy (non-hydrogen) atoms. The second-order valence-corrected chi connectivity index (χ2v) is 4.00. The highest BCUT2D eigenvalue weighted by atomic mass is 16.2. The topological polar surface area (TPSA) is 58.2 Å². The number of rotatable bonds is 0. The van der Waals surface area contributed by atoms with E-state index in [1.54, 1.807) is 48.5 Å². The maximum Gasteiger partial charge on any atom is 0.257 e. The van der Waals surface area contributed by atoms with Gasteiger partial charge >= 0.3 is 0 Å². The molecular formula is C14H10N2O2. The Bertz CT molecular complexity index is 592. The Kier molecular flexibility index (Phi) is 2.34. The molecule has 0 saturated heterocycles. The first kappa shape index (κ1) is 10.5. The maximum atomic E-state index is 12.1. The van der Waals surface area contributed by atoms with Gasteiger partial charge in [0.2, 0.25) is 0 Å². The van der Waals surface area contributed by atoms with Crippen LogP contribution in [0.3, 0.4) is 0 Å².